The highest BCUT2D eigenvalue weighted by Gasteiger charge is 2.47. The average Bonchev–Trinajstić information content (AvgIpc) is 2.01. The quantitative estimate of drug-likeness (QED) is 0.709. The Morgan fingerprint density at radius 1 is 1.21 bits per heavy atom. The van der Waals surface area contributed by atoms with E-state index in [1.54, 1.807) is 20.8 Å². The van der Waals surface area contributed by atoms with Gasteiger partial charge in [0.05, 0.1) is 0 Å². The molecule has 0 aliphatic rings. The summed E-state index contributed by atoms with van der Waals surface area (Å²) in [7, 11) is -3.56. The van der Waals surface area contributed by atoms with E-state index in [4.69, 9.17) is 11.6 Å². The van der Waals surface area contributed by atoms with Gasteiger partial charge in [0.25, 0.3) is 0 Å². The van der Waals surface area contributed by atoms with Crippen LogP contribution in [0, 0.1) is 5.41 Å². The minimum absolute atomic E-state index is 0.130. The van der Waals surface area contributed by atoms with Gasteiger partial charge < -0.3 is 0 Å². The first-order valence-corrected chi connectivity index (χ1v) is 6.46. The number of ketones is 1. The molecule has 0 N–H and O–H groups in total. The van der Waals surface area contributed by atoms with E-state index in [-0.39, 0.29) is 5.75 Å². The SMILES string of the molecule is CCS(=O)(=O)[C@@](C)(Cl)C(=O)C(C)(C)C. The predicted octanol–water partition coefficient (Wildman–Crippen LogP) is 1.99. The summed E-state index contributed by atoms with van der Waals surface area (Å²) in [6.07, 6.45) is 0. The zero-order valence-electron chi connectivity index (χ0n) is 9.22. The third kappa shape index (κ3) is 2.48. The van der Waals surface area contributed by atoms with Crippen LogP contribution in [0.1, 0.15) is 34.6 Å². The molecule has 0 unspecified atom stereocenters. The second-order valence-corrected chi connectivity index (χ2v) is 8.00. The first kappa shape index (κ1) is 13.9. The molecule has 0 rings (SSSR count). The molecule has 0 saturated heterocycles. The van der Waals surface area contributed by atoms with Crippen LogP contribution in [0.25, 0.3) is 0 Å². The van der Waals surface area contributed by atoms with Crippen molar-refractivity contribution in [3.05, 3.63) is 0 Å². The van der Waals surface area contributed by atoms with Gasteiger partial charge >= 0.3 is 0 Å². The lowest BCUT2D eigenvalue weighted by Gasteiger charge is -2.27. The molecule has 0 aromatic heterocycles. The molecule has 0 bridgehead atoms. The maximum atomic E-state index is 11.8. The van der Waals surface area contributed by atoms with Crippen molar-refractivity contribution in [1.29, 1.82) is 0 Å². The number of Topliss-reactive ketones (excluding diaryl/α,β-unsaturated/α-hetero) is 1. The van der Waals surface area contributed by atoms with Gasteiger partial charge in [-0.15, -0.1) is 0 Å². The summed E-state index contributed by atoms with van der Waals surface area (Å²) in [5.74, 6) is -0.594. The number of carbonyl (C=O) groups excluding carboxylic acids is 1. The van der Waals surface area contributed by atoms with Crippen molar-refractivity contribution < 1.29 is 13.2 Å². The molecule has 84 valence electrons. The zero-order chi connectivity index (χ0) is 11.8. The number of hydrogen-bond acceptors (Lipinski definition) is 3. The van der Waals surface area contributed by atoms with E-state index in [0.29, 0.717) is 0 Å². The molecule has 1 atom stereocenters. The number of halogens is 1. The maximum absolute atomic E-state index is 11.8. The number of alkyl halides is 1. The standard InChI is InChI=1S/C9H17ClO3S/c1-6-14(12,13)9(5,10)7(11)8(2,3)4/h6H2,1-5H3/t9-/m1/s1. The largest absolute Gasteiger partial charge is 0.296 e. The molecule has 0 spiro atoms. The Hall–Kier alpha value is -0.0900. The number of carbonyl (C=O) groups is 1. The highest BCUT2D eigenvalue weighted by Crippen LogP contribution is 2.32. The number of hydrogen-bond donors (Lipinski definition) is 0. The Balaban J connectivity index is 5.30. The highest BCUT2D eigenvalue weighted by molar-refractivity contribution is 7.94. The van der Waals surface area contributed by atoms with E-state index >= 15 is 0 Å². The first-order valence-electron chi connectivity index (χ1n) is 4.43. The molecule has 0 aromatic carbocycles. The first-order chi connectivity index (χ1) is 5.97. The van der Waals surface area contributed by atoms with Crippen molar-refractivity contribution in [2.75, 3.05) is 5.75 Å². The van der Waals surface area contributed by atoms with Crippen LogP contribution in [-0.4, -0.2) is 24.2 Å². The second kappa shape index (κ2) is 3.81. The van der Waals surface area contributed by atoms with Gasteiger partial charge in [0.1, 0.15) is 0 Å². The van der Waals surface area contributed by atoms with E-state index in [0.717, 1.165) is 0 Å². The average molecular weight is 241 g/mol. The fraction of sp³-hybridized carbons (Fsp3) is 0.889. The zero-order valence-corrected chi connectivity index (χ0v) is 10.8. The lowest BCUT2D eigenvalue weighted by atomic mass is 9.89. The lowest BCUT2D eigenvalue weighted by molar-refractivity contribution is -0.126. The van der Waals surface area contributed by atoms with Crippen molar-refractivity contribution >= 4 is 27.2 Å². The minimum Gasteiger partial charge on any atom is -0.296 e. The summed E-state index contributed by atoms with van der Waals surface area (Å²) >= 11 is 5.83. The van der Waals surface area contributed by atoms with Gasteiger partial charge in [-0.1, -0.05) is 39.3 Å². The van der Waals surface area contributed by atoms with Gasteiger partial charge in [-0.3, -0.25) is 4.79 Å². The van der Waals surface area contributed by atoms with E-state index in [1.807, 2.05) is 0 Å². The summed E-state index contributed by atoms with van der Waals surface area (Å²) in [5, 5.41) is 0. The monoisotopic (exact) mass is 240 g/mol. The molecular formula is C9H17ClO3S. The van der Waals surface area contributed by atoms with E-state index < -0.39 is 25.2 Å². The number of rotatable bonds is 3. The van der Waals surface area contributed by atoms with Crippen LogP contribution in [0.5, 0.6) is 0 Å². The normalized spacial score (nSPS) is 17.6. The lowest BCUT2D eigenvalue weighted by Crippen LogP contribution is -2.45. The molecule has 0 amide bonds. The Morgan fingerprint density at radius 2 is 1.57 bits per heavy atom. The second-order valence-electron chi connectivity index (χ2n) is 4.40. The van der Waals surface area contributed by atoms with Crippen molar-refractivity contribution in [3.8, 4) is 0 Å². The molecule has 0 fully saturated rings. The van der Waals surface area contributed by atoms with E-state index in [2.05, 4.69) is 0 Å². The molecule has 0 aromatic rings. The van der Waals surface area contributed by atoms with Gasteiger partial charge in [0, 0.05) is 11.2 Å². The highest BCUT2D eigenvalue weighted by atomic mass is 35.5. The fourth-order valence-electron chi connectivity index (χ4n) is 1.08. The Labute approximate surface area is 90.7 Å². The summed E-state index contributed by atoms with van der Waals surface area (Å²) in [5.41, 5.74) is -0.751. The van der Waals surface area contributed by atoms with E-state index in [9.17, 15) is 13.2 Å². The summed E-state index contributed by atoms with van der Waals surface area (Å²) < 4.78 is 21.3. The van der Waals surface area contributed by atoms with Crippen LogP contribution in [-0.2, 0) is 14.6 Å². The molecule has 3 nitrogen and oxygen atoms in total. The minimum atomic E-state index is -3.56. The molecule has 0 radical (unpaired) electrons. The smallest absolute Gasteiger partial charge is 0.201 e. The van der Waals surface area contributed by atoms with Crippen molar-refractivity contribution in [3.63, 3.8) is 0 Å². The van der Waals surface area contributed by atoms with Crippen LogP contribution < -0.4 is 0 Å². The van der Waals surface area contributed by atoms with Gasteiger partial charge in [-0.05, 0) is 6.92 Å². The molecule has 0 aliphatic carbocycles. The Bertz CT molecular complexity index is 322. The van der Waals surface area contributed by atoms with Gasteiger partial charge in [-0.2, -0.15) is 0 Å². The van der Waals surface area contributed by atoms with Crippen molar-refractivity contribution in [2.45, 2.75) is 38.8 Å². The maximum Gasteiger partial charge on any atom is 0.201 e. The van der Waals surface area contributed by atoms with Crippen LogP contribution in [0.2, 0.25) is 0 Å². The molecule has 0 saturated carbocycles. The summed E-state index contributed by atoms with van der Waals surface area (Å²) in [4.78, 5) is 11.8. The fourth-order valence-corrected chi connectivity index (χ4v) is 2.82. The number of sulfone groups is 1. The van der Waals surface area contributed by atoms with Crippen molar-refractivity contribution in [2.24, 2.45) is 5.41 Å². The Morgan fingerprint density at radius 3 is 1.79 bits per heavy atom. The third-order valence-corrected chi connectivity index (χ3v) is 5.04. The molecular weight excluding hydrogens is 224 g/mol. The summed E-state index contributed by atoms with van der Waals surface area (Å²) in [6, 6.07) is 0. The summed E-state index contributed by atoms with van der Waals surface area (Å²) in [6.45, 7) is 7.69. The van der Waals surface area contributed by atoms with Crippen LogP contribution in [0.15, 0.2) is 0 Å². The van der Waals surface area contributed by atoms with Crippen LogP contribution in [0.4, 0.5) is 0 Å². The third-order valence-electron chi connectivity index (χ3n) is 2.05. The van der Waals surface area contributed by atoms with Gasteiger partial charge in [0.15, 0.2) is 15.6 Å². The van der Waals surface area contributed by atoms with E-state index in [1.165, 1.54) is 13.8 Å². The molecule has 5 heteroatoms. The molecule has 14 heavy (non-hydrogen) atoms. The van der Waals surface area contributed by atoms with Crippen LogP contribution in [0.3, 0.4) is 0 Å². The Kier molecular flexibility index (Phi) is 3.79. The van der Waals surface area contributed by atoms with Gasteiger partial charge in [-0.25, -0.2) is 8.42 Å². The van der Waals surface area contributed by atoms with Crippen molar-refractivity contribution in [1.82, 2.24) is 0 Å². The molecule has 0 heterocycles. The topological polar surface area (TPSA) is 51.2 Å². The molecule has 0 aliphatic heterocycles. The van der Waals surface area contributed by atoms with Crippen LogP contribution >= 0.6 is 11.6 Å². The predicted molar refractivity (Wildman–Crippen MR) is 58.2 cm³/mol. The van der Waals surface area contributed by atoms with Gasteiger partial charge in [0.2, 0.25) is 4.21 Å².